The maximum atomic E-state index is 11.3. The Kier molecular flexibility index (Phi) is 3.83. The minimum absolute atomic E-state index is 0.102. The van der Waals surface area contributed by atoms with Crippen LogP contribution in [0, 0.1) is 13.8 Å². The van der Waals surface area contributed by atoms with Crippen LogP contribution in [0.4, 0.5) is 0 Å². The van der Waals surface area contributed by atoms with Crippen LogP contribution in [-0.2, 0) is 9.05 Å². The summed E-state index contributed by atoms with van der Waals surface area (Å²) in [6.45, 7) is 3.67. The van der Waals surface area contributed by atoms with Crippen molar-refractivity contribution in [1.29, 1.82) is 0 Å². The Labute approximate surface area is 117 Å². The maximum Gasteiger partial charge on any atom is 0.261 e. The van der Waals surface area contributed by atoms with Gasteiger partial charge in [-0.05, 0) is 49.7 Å². The van der Waals surface area contributed by atoms with E-state index in [0.717, 1.165) is 5.56 Å². The van der Waals surface area contributed by atoms with E-state index in [-0.39, 0.29) is 4.90 Å². The Balaban J connectivity index is 2.28. The third-order valence-corrected chi connectivity index (χ3v) is 4.15. The zero-order chi connectivity index (χ0) is 14.0. The fourth-order valence-corrected chi connectivity index (χ4v) is 2.89. The SMILES string of the molecule is Cc1ccc(Oc2ccc(S(=O)(=O)Cl)c(C)c2)cc1. The molecule has 0 heterocycles. The topological polar surface area (TPSA) is 43.4 Å². The quantitative estimate of drug-likeness (QED) is 0.803. The molecule has 0 bridgehead atoms. The Hall–Kier alpha value is -1.52. The molecule has 0 atom stereocenters. The Bertz CT molecular complexity index is 691. The van der Waals surface area contributed by atoms with E-state index in [2.05, 4.69) is 0 Å². The predicted molar refractivity (Wildman–Crippen MR) is 75.5 cm³/mol. The molecule has 2 aromatic rings. The second-order valence-corrected chi connectivity index (χ2v) is 6.81. The summed E-state index contributed by atoms with van der Waals surface area (Å²) in [7, 11) is 1.61. The van der Waals surface area contributed by atoms with Crippen molar-refractivity contribution in [3.63, 3.8) is 0 Å². The van der Waals surface area contributed by atoms with Crippen molar-refractivity contribution >= 4 is 19.7 Å². The first kappa shape index (κ1) is 13.9. The fraction of sp³-hybridized carbons (Fsp3) is 0.143. The van der Waals surface area contributed by atoms with Crippen molar-refractivity contribution in [3.8, 4) is 11.5 Å². The molecule has 0 spiro atoms. The predicted octanol–water partition coefficient (Wildman–Crippen LogP) is 4.02. The normalized spacial score (nSPS) is 11.3. The highest BCUT2D eigenvalue weighted by Gasteiger charge is 2.13. The summed E-state index contributed by atoms with van der Waals surface area (Å²) in [6.07, 6.45) is 0. The fourth-order valence-electron chi connectivity index (χ4n) is 1.70. The summed E-state index contributed by atoms with van der Waals surface area (Å²) < 4.78 is 28.2. The molecule has 3 nitrogen and oxygen atoms in total. The van der Waals surface area contributed by atoms with Gasteiger partial charge in [-0.1, -0.05) is 17.7 Å². The first-order chi connectivity index (χ1) is 8.86. The summed E-state index contributed by atoms with van der Waals surface area (Å²) in [5.74, 6) is 1.27. The van der Waals surface area contributed by atoms with Crippen LogP contribution >= 0.6 is 10.7 Å². The molecular weight excluding hydrogens is 284 g/mol. The molecule has 0 aliphatic carbocycles. The van der Waals surface area contributed by atoms with Gasteiger partial charge in [0.15, 0.2) is 0 Å². The van der Waals surface area contributed by atoms with Gasteiger partial charge < -0.3 is 4.74 Å². The van der Waals surface area contributed by atoms with E-state index < -0.39 is 9.05 Å². The maximum absolute atomic E-state index is 11.3. The molecule has 0 saturated carbocycles. The third-order valence-electron chi connectivity index (χ3n) is 2.67. The smallest absolute Gasteiger partial charge is 0.261 e. The largest absolute Gasteiger partial charge is 0.457 e. The lowest BCUT2D eigenvalue weighted by molar-refractivity contribution is 0.481. The Morgan fingerprint density at radius 2 is 1.53 bits per heavy atom. The monoisotopic (exact) mass is 296 g/mol. The standard InChI is InChI=1S/C14H13ClO3S/c1-10-3-5-12(6-4-10)18-13-7-8-14(11(2)9-13)19(15,16)17/h3-9H,1-2H3. The van der Waals surface area contributed by atoms with Gasteiger partial charge in [-0.3, -0.25) is 0 Å². The molecule has 0 amide bonds. The van der Waals surface area contributed by atoms with Crippen molar-refractivity contribution in [2.24, 2.45) is 0 Å². The lowest BCUT2D eigenvalue weighted by atomic mass is 10.2. The van der Waals surface area contributed by atoms with E-state index >= 15 is 0 Å². The number of hydrogen-bond donors (Lipinski definition) is 0. The summed E-state index contributed by atoms with van der Waals surface area (Å²) in [4.78, 5) is 0.102. The third kappa shape index (κ3) is 3.49. The van der Waals surface area contributed by atoms with E-state index in [4.69, 9.17) is 15.4 Å². The van der Waals surface area contributed by atoms with Crippen LogP contribution in [0.1, 0.15) is 11.1 Å². The van der Waals surface area contributed by atoms with Crippen molar-refractivity contribution in [2.45, 2.75) is 18.7 Å². The Morgan fingerprint density at radius 1 is 0.947 bits per heavy atom. The zero-order valence-corrected chi connectivity index (χ0v) is 12.1. The zero-order valence-electron chi connectivity index (χ0n) is 10.6. The van der Waals surface area contributed by atoms with Gasteiger partial charge in [0.2, 0.25) is 0 Å². The van der Waals surface area contributed by atoms with E-state index in [1.807, 2.05) is 31.2 Å². The second-order valence-electron chi connectivity index (χ2n) is 4.28. The number of hydrogen-bond acceptors (Lipinski definition) is 3. The van der Waals surface area contributed by atoms with Crippen molar-refractivity contribution < 1.29 is 13.2 Å². The van der Waals surface area contributed by atoms with Gasteiger partial charge in [0.05, 0.1) is 4.90 Å². The molecule has 2 aromatic carbocycles. The Morgan fingerprint density at radius 3 is 2.05 bits per heavy atom. The van der Waals surface area contributed by atoms with E-state index in [1.54, 1.807) is 19.1 Å². The van der Waals surface area contributed by atoms with E-state index in [0.29, 0.717) is 17.1 Å². The van der Waals surface area contributed by atoms with Gasteiger partial charge in [0, 0.05) is 10.7 Å². The van der Waals surface area contributed by atoms with Crippen molar-refractivity contribution in [3.05, 3.63) is 53.6 Å². The van der Waals surface area contributed by atoms with Crippen LogP contribution < -0.4 is 4.74 Å². The number of halogens is 1. The number of ether oxygens (including phenoxy) is 1. The molecular formula is C14H13ClO3S. The molecule has 0 fully saturated rings. The van der Waals surface area contributed by atoms with Gasteiger partial charge >= 0.3 is 0 Å². The average molecular weight is 297 g/mol. The lowest BCUT2D eigenvalue weighted by Gasteiger charge is -2.08. The van der Waals surface area contributed by atoms with Gasteiger partial charge in [-0.25, -0.2) is 8.42 Å². The first-order valence-corrected chi connectivity index (χ1v) is 7.97. The molecule has 0 unspecified atom stereocenters. The van der Waals surface area contributed by atoms with Gasteiger partial charge in [-0.2, -0.15) is 0 Å². The molecule has 0 N–H and O–H groups in total. The minimum atomic E-state index is -3.71. The van der Waals surface area contributed by atoms with Gasteiger partial charge in [0.1, 0.15) is 11.5 Å². The van der Waals surface area contributed by atoms with Crippen LogP contribution in [0.5, 0.6) is 11.5 Å². The molecule has 5 heteroatoms. The second kappa shape index (κ2) is 5.23. The van der Waals surface area contributed by atoms with Crippen molar-refractivity contribution in [1.82, 2.24) is 0 Å². The van der Waals surface area contributed by atoms with E-state index in [9.17, 15) is 8.42 Å². The molecule has 100 valence electrons. The van der Waals surface area contributed by atoms with Crippen LogP contribution in [0.25, 0.3) is 0 Å². The molecule has 0 aliphatic rings. The first-order valence-electron chi connectivity index (χ1n) is 5.66. The minimum Gasteiger partial charge on any atom is -0.457 e. The van der Waals surface area contributed by atoms with Gasteiger partial charge in [0.25, 0.3) is 9.05 Å². The molecule has 0 aromatic heterocycles. The molecule has 19 heavy (non-hydrogen) atoms. The highest BCUT2D eigenvalue weighted by molar-refractivity contribution is 8.13. The van der Waals surface area contributed by atoms with Gasteiger partial charge in [-0.15, -0.1) is 0 Å². The summed E-state index contributed by atoms with van der Waals surface area (Å²) in [5.41, 5.74) is 1.70. The highest BCUT2D eigenvalue weighted by atomic mass is 35.7. The molecule has 0 saturated heterocycles. The van der Waals surface area contributed by atoms with E-state index in [1.165, 1.54) is 6.07 Å². The average Bonchev–Trinajstić information content (AvgIpc) is 2.30. The van der Waals surface area contributed by atoms with Crippen LogP contribution in [-0.4, -0.2) is 8.42 Å². The molecule has 0 radical (unpaired) electrons. The summed E-state index contributed by atoms with van der Waals surface area (Å²) >= 11 is 0. The summed E-state index contributed by atoms with van der Waals surface area (Å²) in [5, 5.41) is 0. The van der Waals surface area contributed by atoms with Crippen LogP contribution in [0.2, 0.25) is 0 Å². The molecule has 0 aliphatic heterocycles. The highest BCUT2D eigenvalue weighted by Crippen LogP contribution is 2.27. The summed E-state index contributed by atoms with van der Waals surface area (Å²) in [6, 6.07) is 12.3. The number of benzene rings is 2. The van der Waals surface area contributed by atoms with Crippen LogP contribution in [0.15, 0.2) is 47.4 Å². The molecule has 2 rings (SSSR count). The number of aryl methyl sites for hydroxylation is 2. The van der Waals surface area contributed by atoms with Crippen LogP contribution in [0.3, 0.4) is 0 Å². The van der Waals surface area contributed by atoms with Crippen molar-refractivity contribution in [2.75, 3.05) is 0 Å². The lowest BCUT2D eigenvalue weighted by Crippen LogP contribution is -1.95. The number of rotatable bonds is 3.